The summed E-state index contributed by atoms with van der Waals surface area (Å²) in [5.74, 6) is 0.662. The van der Waals surface area contributed by atoms with E-state index in [1.807, 2.05) is 6.92 Å². The molecule has 4 rings (SSSR count). The Labute approximate surface area is 162 Å². The van der Waals surface area contributed by atoms with Crippen LogP contribution < -0.4 is 0 Å². The molecule has 0 amide bonds. The van der Waals surface area contributed by atoms with Gasteiger partial charge in [-0.15, -0.1) is 0 Å². The number of cyclic esters (lactones) is 1. The number of ether oxygens (including phenoxy) is 1. The van der Waals surface area contributed by atoms with Crippen LogP contribution in [0, 0.1) is 34.5 Å². The maximum Gasteiger partial charge on any atom is 0.534 e. The van der Waals surface area contributed by atoms with E-state index < -0.39 is 21.0 Å². The van der Waals surface area contributed by atoms with E-state index in [2.05, 4.69) is 11.1 Å². The largest absolute Gasteiger partial charge is 0.534 e. The van der Waals surface area contributed by atoms with E-state index in [4.69, 9.17) is 4.74 Å². The third-order valence-corrected chi connectivity index (χ3v) is 8.98. The average Bonchev–Trinajstić information content (AvgIpc) is 2.91. The fourth-order valence-corrected chi connectivity index (χ4v) is 7.00. The standard InChI is InChI=1S/C19H25F3O5S/c1-17-8-7-14-12(4-3-11-9-16(23)26-10-18(11,14)2)13(17)5-6-15(17)27-28(24,25)19(20,21)22/h6,11-14H,3-5,7-10H2,1-2H3. The predicted octanol–water partition coefficient (Wildman–Crippen LogP) is 4.15. The first-order chi connectivity index (χ1) is 12.9. The van der Waals surface area contributed by atoms with Crippen molar-refractivity contribution in [1.82, 2.24) is 0 Å². The number of allylic oxidation sites excluding steroid dienone is 2. The van der Waals surface area contributed by atoms with E-state index in [0.29, 0.717) is 31.8 Å². The van der Waals surface area contributed by atoms with Crippen LogP contribution in [0.3, 0.4) is 0 Å². The molecule has 6 unspecified atom stereocenters. The van der Waals surface area contributed by atoms with E-state index in [1.54, 1.807) is 0 Å². The monoisotopic (exact) mass is 422 g/mol. The van der Waals surface area contributed by atoms with E-state index in [1.165, 1.54) is 6.08 Å². The molecule has 0 bridgehead atoms. The molecule has 158 valence electrons. The maximum absolute atomic E-state index is 12.8. The fraction of sp³-hybridized carbons (Fsp3) is 0.842. The topological polar surface area (TPSA) is 69.7 Å². The Kier molecular flexibility index (Phi) is 4.38. The molecule has 5 nitrogen and oxygen atoms in total. The van der Waals surface area contributed by atoms with Crippen molar-refractivity contribution in [3.8, 4) is 0 Å². The second-order valence-electron chi connectivity index (χ2n) is 9.27. The zero-order chi connectivity index (χ0) is 20.5. The van der Waals surface area contributed by atoms with Crippen LogP contribution in [0.25, 0.3) is 0 Å². The minimum Gasteiger partial charge on any atom is -0.465 e. The van der Waals surface area contributed by atoms with Crippen LogP contribution in [0.4, 0.5) is 13.2 Å². The highest BCUT2D eigenvalue weighted by Gasteiger charge is 2.61. The molecule has 4 aliphatic rings. The third-order valence-electron chi connectivity index (χ3n) is 8.02. The van der Waals surface area contributed by atoms with Gasteiger partial charge >= 0.3 is 21.6 Å². The van der Waals surface area contributed by atoms with E-state index >= 15 is 0 Å². The van der Waals surface area contributed by atoms with Gasteiger partial charge in [0.2, 0.25) is 0 Å². The molecule has 6 atom stereocenters. The number of alkyl halides is 3. The number of halogens is 3. The fourth-order valence-electron chi connectivity index (χ4n) is 6.41. The van der Waals surface area contributed by atoms with Crippen LogP contribution in [0.5, 0.6) is 0 Å². The lowest BCUT2D eigenvalue weighted by Crippen LogP contribution is -2.55. The molecule has 0 N–H and O–H groups in total. The number of rotatable bonds is 2. The Morgan fingerprint density at radius 2 is 1.89 bits per heavy atom. The van der Waals surface area contributed by atoms with Gasteiger partial charge in [0, 0.05) is 17.3 Å². The number of fused-ring (bicyclic) bond motifs is 5. The van der Waals surface area contributed by atoms with Gasteiger partial charge in [0.05, 0.1) is 6.61 Å². The quantitative estimate of drug-likeness (QED) is 0.380. The van der Waals surface area contributed by atoms with Crippen molar-refractivity contribution in [1.29, 1.82) is 0 Å². The molecule has 0 aromatic carbocycles. The van der Waals surface area contributed by atoms with Crippen molar-refractivity contribution in [2.24, 2.45) is 34.5 Å². The van der Waals surface area contributed by atoms with Crippen LogP contribution in [0.15, 0.2) is 11.8 Å². The maximum atomic E-state index is 12.8. The summed E-state index contributed by atoms with van der Waals surface area (Å²) in [6.45, 7) is 4.38. The van der Waals surface area contributed by atoms with E-state index in [-0.39, 0.29) is 34.9 Å². The smallest absolute Gasteiger partial charge is 0.465 e. The summed E-state index contributed by atoms with van der Waals surface area (Å²) in [7, 11) is -5.66. The number of hydrogen-bond acceptors (Lipinski definition) is 5. The van der Waals surface area contributed by atoms with Gasteiger partial charge in [-0.25, -0.2) is 0 Å². The minimum atomic E-state index is -5.66. The van der Waals surface area contributed by atoms with Crippen molar-refractivity contribution in [2.45, 2.75) is 57.9 Å². The molecular weight excluding hydrogens is 397 g/mol. The molecule has 3 aliphatic carbocycles. The third kappa shape index (κ3) is 2.79. The molecular formula is C19H25F3O5S. The molecule has 0 aromatic rings. The van der Waals surface area contributed by atoms with E-state index in [9.17, 15) is 26.4 Å². The Morgan fingerprint density at radius 3 is 2.57 bits per heavy atom. The van der Waals surface area contributed by atoms with Crippen LogP contribution in [-0.2, 0) is 23.8 Å². The van der Waals surface area contributed by atoms with Gasteiger partial charge in [-0.05, 0) is 61.9 Å². The van der Waals surface area contributed by atoms with Crippen LogP contribution >= 0.6 is 0 Å². The first-order valence-electron chi connectivity index (χ1n) is 9.75. The molecule has 0 aromatic heterocycles. The molecule has 3 fully saturated rings. The molecule has 28 heavy (non-hydrogen) atoms. The summed E-state index contributed by atoms with van der Waals surface area (Å²) < 4.78 is 71.4. The van der Waals surface area contributed by atoms with Crippen LogP contribution in [-0.4, -0.2) is 26.5 Å². The molecule has 9 heteroatoms. The molecule has 1 aliphatic heterocycles. The summed E-state index contributed by atoms with van der Waals surface area (Å²) in [6.07, 6.45) is 5.58. The molecule has 0 spiro atoms. The summed E-state index contributed by atoms with van der Waals surface area (Å²) in [5.41, 5.74) is -6.27. The summed E-state index contributed by atoms with van der Waals surface area (Å²) in [5, 5.41) is 0. The first-order valence-corrected chi connectivity index (χ1v) is 11.2. The van der Waals surface area contributed by atoms with E-state index in [0.717, 1.165) is 19.3 Å². The highest BCUT2D eigenvalue weighted by Crippen LogP contribution is 2.65. The Morgan fingerprint density at radius 1 is 1.18 bits per heavy atom. The lowest BCUT2D eigenvalue weighted by Gasteiger charge is -2.59. The second kappa shape index (κ2) is 6.12. The zero-order valence-electron chi connectivity index (χ0n) is 15.9. The van der Waals surface area contributed by atoms with Crippen molar-refractivity contribution in [3.05, 3.63) is 11.8 Å². The zero-order valence-corrected chi connectivity index (χ0v) is 16.7. The predicted molar refractivity (Wildman–Crippen MR) is 93.0 cm³/mol. The Bertz CT molecular complexity index is 820. The van der Waals surface area contributed by atoms with Crippen molar-refractivity contribution >= 4 is 16.1 Å². The Hall–Kier alpha value is -1.25. The second-order valence-corrected chi connectivity index (χ2v) is 10.8. The van der Waals surface area contributed by atoms with Gasteiger partial charge in [0.1, 0.15) is 5.76 Å². The number of hydrogen-bond donors (Lipinski definition) is 0. The molecule has 1 heterocycles. The summed E-state index contributed by atoms with van der Waals surface area (Å²) in [6, 6.07) is 0. The number of esters is 1. The average molecular weight is 422 g/mol. The minimum absolute atomic E-state index is 0.0417. The van der Waals surface area contributed by atoms with Gasteiger partial charge in [-0.2, -0.15) is 21.6 Å². The van der Waals surface area contributed by atoms with Gasteiger partial charge in [0.15, 0.2) is 0 Å². The van der Waals surface area contributed by atoms with Gasteiger partial charge in [0.25, 0.3) is 0 Å². The van der Waals surface area contributed by atoms with Gasteiger partial charge in [-0.3, -0.25) is 4.79 Å². The van der Waals surface area contributed by atoms with Gasteiger partial charge < -0.3 is 8.92 Å². The van der Waals surface area contributed by atoms with Crippen molar-refractivity contribution in [2.75, 3.05) is 6.61 Å². The summed E-state index contributed by atoms with van der Waals surface area (Å²) in [4.78, 5) is 11.7. The molecule has 2 saturated carbocycles. The number of carbonyl (C=O) groups excluding carboxylic acids is 1. The SMILES string of the molecule is CC12CCC3C(CCC4CC(=O)OCC43C)C1CC=C2OS(=O)(=O)C(F)(F)F. The van der Waals surface area contributed by atoms with Crippen molar-refractivity contribution < 1.29 is 35.3 Å². The summed E-state index contributed by atoms with van der Waals surface area (Å²) >= 11 is 0. The highest BCUT2D eigenvalue weighted by molar-refractivity contribution is 7.87. The number of carbonyl (C=O) groups is 1. The lowest BCUT2D eigenvalue weighted by atomic mass is 9.47. The van der Waals surface area contributed by atoms with Gasteiger partial charge in [-0.1, -0.05) is 13.8 Å². The first kappa shape index (κ1) is 20.0. The molecule has 1 saturated heterocycles. The Balaban J connectivity index is 1.57. The van der Waals surface area contributed by atoms with Crippen LogP contribution in [0.2, 0.25) is 0 Å². The highest BCUT2D eigenvalue weighted by atomic mass is 32.2. The lowest BCUT2D eigenvalue weighted by molar-refractivity contribution is -0.179. The van der Waals surface area contributed by atoms with Crippen LogP contribution in [0.1, 0.15) is 52.4 Å². The van der Waals surface area contributed by atoms with Crippen molar-refractivity contribution in [3.63, 3.8) is 0 Å². The molecule has 0 radical (unpaired) electrons. The normalized spacial score (nSPS) is 43.3.